The van der Waals surface area contributed by atoms with Crippen molar-refractivity contribution in [3.8, 4) is 0 Å². The fraction of sp³-hybridized carbons (Fsp3) is 0.889. The van der Waals surface area contributed by atoms with Gasteiger partial charge in [-0.3, -0.25) is 0 Å². The van der Waals surface area contributed by atoms with Crippen molar-refractivity contribution in [1.29, 1.82) is 0 Å². The molecule has 3 atom stereocenters. The summed E-state index contributed by atoms with van der Waals surface area (Å²) >= 11 is 0. The van der Waals surface area contributed by atoms with E-state index in [-0.39, 0.29) is 12.1 Å². The monoisotopic (exact) mass is 296 g/mol. The van der Waals surface area contributed by atoms with Gasteiger partial charge in [0.2, 0.25) is 0 Å². The Bertz CT molecular complexity index is 377. The lowest BCUT2D eigenvalue weighted by Gasteiger charge is -2.39. The Morgan fingerprint density at radius 2 is 1.57 bits per heavy atom. The Labute approximate surface area is 128 Å². The zero-order valence-electron chi connectivity index (χ0n) is 13.4. The first-order chi connectivity index (χ1) is 10.1. The quantitative estimate of drug-likeness (QED) is 0.715. The zero-order valence-corrected chi connectivity index (χ0v) is 13.4. The van der Waals surface area contributed by atoms with Crippen LogP contribution in [0.3, 0.4) is 0 Å². The van der Waals surface area contributed by atoms with Gasteiger partial charge in [0.25, 0.3) is 6.01 Å². The molecule has 120 valence electrons. The molecule has 2 nitrogen and oxygen atoms in total. The Morgan fingerprint density at radius 1 is 0.905 bits per heavy atom. The van der Waals surface area contributed by atoms with E-state index in [0.29, 0.717) is 12.0 Å². The molecular weight excluding hydrogens is 267 g/mol. The molecule has 0 aromatic carbocycles. The first kappa shape index (κ1) is 15.3. The van der Waals surface area contributed by atoms with E-state index in [1.807, 2.05) is 6.92 Å². The summed E-state index contributed by atoms with van der Waals surface area (Å²) in [7, 11) is 0. The first-order valence-corrected chi connectivity index (χ1v) is 8.77. The highest BCUT2D eigenvalue weighted by atomic mass is 19.1. The second-order valence-corrected chi connectivity index (χ2v) is 7.48. The minimum absolute atomic E-state index is 0.113. The largest absolute Gasteiger partial charge is 0.467 e. The van der Waals surface area contributed by atoms with Crippen LogP contribution in [0, 0.1) is 17.8 Å². The van der Waals surface area contributed by atoms with Crippen LogP contribution in [0.2, 0.25) is 0 Å². The molecule has 0 radical (unpaired) electrons. The molecule has 1 saturated carbocycles. The summed E-state index contributed by atoms with van der Waals surface area (Å²) in [5.41, 5.74) is 0.782. The molecule has 0 aromatic heterocycles. The van der Waals surface area contributed by atoms with Gasteiger partial charge in [-0.25, -0.2) is 0 Å². The average Bonchev–Trinajstić information content (AvgIpc) is 2.51. The Kier molecular flexibility index (Phi) is 4.88. The summed E-state index contributed by atoms with van der Waals surface area (Å²) in [4.78, 5) is 0. The molecule has 3 heteroatoms. The predicted molar refractivity (Wildman–Crippen MR) is 81.5 cm³/mol. The second kappa shape index (κ2) is 6.68. The molecule has 1 saturated heterocycles. The maximum absolute atomic E-state index is 13.6. The third kappa shape index (κ3) is 3.61. The van der Waals surface area contributed by atoms with Crippen molar-refractivity contribution in [2.75, 3.05) is 6.61 Å². The molecule has 0 bridgehead atoms. The molecule has 0 spiro atoms. The molecule has 21 heavy (non-hydrogen) atoms. The number of allylic oxidation sites excluding steroid dienone is 1. The van der Waals surface area contributed by atoms with Gasteiger partial charge in [-0.05, 0) is 81.6 Å². The summed E-state index contributed by atoms with van der Waals surface area (Å²) in [6, 6.07) is -0.307. The first-order valence-electron chi connectivity index (χ1n) is 8.77. The smallest absolute Gasteiger partial charge is 0.271 e. The highest BCUT2D eigenvalue weighted by molar-refractivity contribution is 5.04. The van der Waals surface area contributed by atoms with Gasteiger partial charge in [0.15, 0.2) is 0 Å². The van der Waals surface area contributed by atoms with E-state index in [1.54, 1.807) is 0 Å². The maximum atomic E-state index is 13.6. The van der Waals surface area contributed by atoms with Crippen LogP contribution in [0.4, 0.5) is 4.39 Å². The van der Waals surface area contributed by atoms with Gasteiger partial charge in [0.05, 0.1) is 6.10 Å². The molecule has 2 heterocycles. The van der Waals surface area contributed by atoms with E-state index in [9.17, 15) is 4.39 Å². The number of hydrogen-bond donors (Lipinski definition) is 0. The van der Waals surface area contributed by atoms with Gasteiger partial charge in [-0.1, -0.05) is 6.92 Å². The number of halogens is 1. The maximum Gasteiger partial charge on any atom is 0.271 e. The van der Waals surface area contributed by atoms with Gasteiger partial charge >= 0.3 is 0 Å². The van der Waals surface area contributed by atoms with E-state index in [2.05, 4.69) is 6.92 Å². The highest BCUT2D eigenvalue weighted by Gasteiger charge is 2.35. The fourth-order valence-electron chi connectivity index (χ4n) is 4.25. The van der Waals surface area contributed by atoms with Crippen molar-refractivity contribution in [1.82, 2.24) is 0 Å². The highest BCUT2D eigenvalue weighted by Crippen LogP contribution is 2.40. The van der Waals surface area contributed by atoms with E-state index in [4.69, 9.17) is 9.47 Å². The number of hydrogen-bond acceptors (Lipinski definition) is 2. The summed E-state index contributed by atoms with van der Waals surface area (Å²) in [6.45, 7) is 5.05. The molecule has 0 aromatic rings. The lowest BCUT2D eigenvalue weighted by molar-refractivity contribution is -0.0655. The number of rotatable bonds is 2. The van der Waals surface area contributed by atoms with Crippen LogP contribution in [0.5, 0.6) is 0 Å². The van der Waals surface area contributed by atoms with Gasteiger partial charge in [-0.2, -0.15) is 4.39 Å². The second-order valence-electron chi connectivity index (χ2n) is 7.48. The standard InChI is InChI=1S/C18H29FO2/c1-12-3-9-16(20-11-12)14-5-7-15(8-6-14)17-10-4-13(2)18(19)21-17/h12,14-17H,3-11H2,1-2H3. The van der Waals surface area contributed by atoms with Crippen LogP contribution in [0.1, 0.15) is 65.2 Å². The van der Waals surface area contributed by atoms with Crippen molar-refractivity contribution < 1.29 is 13.9 Å². The molecule has 2 aliphatic heterocycles. The van der Waals surface area contributed by atoms with Crippen LogP contribution in [-0.4, -0.2) is 18.8 Å². The van der Waals surface area contributed by atoms with Crippen molar-refractivity contribution in [2.45, 2.75) is 77.4 Å². The van der Waals surface area contributed by atoms with Crippen molar-refractivity contribution in [3.63, 3.8) is 0 Å². The van der Waals surface area contributed by atoms with E-state index < -0.39 is 0 Å². The zero-order chi connectivity index (χ0) is 14.8. The minimum Gasteiger partial charge on any atom is -0.467 e. The lowest BCUT2D eigenvalue weighted by Crippen LogP contribution is -2.36. The van der Waals surface area contributed by atoms with Crippen molar-refractivity contribution in [2.24, 2.45) is 17.8 Å². The van der Waals surface area contributed by atoms with Gasteiger partial charge in [0, 0.05) is 6.61 Å². The fourth-order valence-corrected chi connectivity index (χ4v) is 4.25. The number of ether oxygens (including phenoxy) is 2. The molecule has 2 fully saturated rings. The van der Waals surface area contributed by atoms with Crippen LogP contribution in [-0.2, 0) is 9.47 Å². The third-order valence-electron chi connectivity index (χ3n) is 5.80. The summed E-state index contributed by atoms with van der Waals surface area (Å²) in [6.07, 6.45) is 9.80. The van der Waals surface area contributed by atoms with Crippen LogP contribution >= 0.6 is 0 Å². The van der Waals surface area contributed by atoms with Gasteiger partial charge in [0.1, 0.15) is 6.10 Å². The topological polar surface area (TPSA) is 18.5 Å². The molecule has 1 aliphatic carbocycles. The molecule has 0 amide bonds. The summed E-state index contributed by atoms with van der Waals surface area (Å²) < 4.78 is 25.2. The lowest BCUT2D eigenvalue weighted by atomic mass is 9.74. The van der Waals surface area contributed by atoms with Gasteiger partial charge < -0.3 is 9.47 Å². The summed E-state index contributed by atoms with van der Waals surface area (Å²) in [5, 5.41) is 0. The Hall–Kier alpha value is -0.570. The average molecular weight is 296 g/mol. The third-order valence-corrected chi connectivity index (χ3v) is 5.80. The minimum atomic E-state index is -0.307. The van der Waals surface area contributed by atoms with E-state index >= 15 is 0 Å². The summed E-state index contributed by atoms with van der Waals surface area (Å²) in [5.74, 6) is 1.99. The molecule has 3 rings (SSSR count). The molecular formula is C18H29FO2. The molecule has 3 unspecified atom stereocenters. The van der Waals surface area contributed by atoms with Crippen LogP contribution < -0.4 is 0 Å². The predicted octanol–water partition coefficient (Wildman–Crippen LogP) is 4.99. The van der Waals surface area contributed by atoms with E-state index in [0.717, 1.165) is 36.9 Å². The normalized spacial score (nSPS) is 41.8. The Morgan fingerprint density at radius 3 is 2.14 bits per heavy atom. The molecule has 0 N–H and O–H groups in total. The van der Waals surface area contributed by atoms with Crippen LogP contribution in [0.15, 0.2) is 11.6 Å². The van der Waals surface area contributed by atoms with Crippen molar-refractivity contribution >= 4 is 0 Å². The van der Waals surface area contributed by atoms with Gasteiger partial charge in [-0.15, -0.1) is 0 Å². The Balaban J connectivity index is 1.47. The van der Waals surface area contributed by atoms with E-state index in [1.165, 1.54) is 38.5 Å². The molecule has 3 aliphatic rings. The van der Waals surface area contributed by atoms with Crippen molar-refractivity contribution in [3.05, 3.63) is 11.6 Å². The van der Waals surface area contributed by atoms with Crippen LogP contribution in [0.25, 0.3) is 0 Å². The SMILES string of the molecule is CC1=C(F)OC(C2CCC(C3CCC(C)CO3)CC2)CC1.